The third kappa shape index (κ3) is 3.08. The monoisotopic (exact) mass is 301 g/mol. The first-order valence-electron chi connectivity index (χ1n) is 7.25. The summed E-state index contributed by atoms with van der Waals surface area (Å²) in [5, 5.41) is 0.825. The summed E-state index contributed by atoms with van der Waals surface area (Å²) in [6, 6.07) is 14.3. The van der Waals surface area contributed by atoms with Crippen LogP contribution in [0.4, 0.5) is 17.1 Å². The molecule has 1 aliphatic rings. The molecule has 1 heterocycles. The lowest BCUT2D eigenvalue weighted by atomic mass is 10.1. The highest BCUT2D eigenvalue weighted by molar-refractivity contribution is 6.33. The van der Waals surface area contributed by atoms with E-state index in [-0.39, 0.29) is 0 Å². The minimum atomic E-state index is 0.825. The molecule has 4 heteroatoms. The minimum absolute atomic E-state index is 0.825. The molecule has 0 bridgehead atoms. The second kappa shape index (κ2) is 5.86. The van der Waals surface area contributed by atoms with Gasteiger partial charge in [-0.25, -0.2) is 0 Å². The van der Waals surface area contributed by atoms with E-state index in [1.54, 1.807) is 0 Å². The number of piperazine rings is 1. The fraction of sp³-hybridized carbons (Fsp3) is 0.294. The van der Waals surface area contributed by atoms with Gasteiger partial charge in [0.15, 0.2) is 0 Å². The van der Waals surface area contributed by atoms with Crippen LogP contribution in [0.25, 0.3) is 0 Å². The number of nitrogen functional groups attached to an aromatic ring is 1. The fourth-order valence-corrected chi connectivity index (χ4v) is 3.14. The average molecular weight is 302 g/mol. The highest BCUT2D eigenvalue weighted by atomic mass is 35.5. The lowest BCUT2D eigenvalue weighted by Crippen LogP contribution is -2.46. The molecule has 2 aromatic carbocycles. The highest BCUT2D eigenvalue weighted by Gasteiger charge is 2.19. The molecule has 1 saturated heterocycles. The van der Waals surface area contributed by atoms with Gasteiger partial charge in [0.05, 0.1) is 10.7 Å². The molecule has 0 aliphatic carbocycles. The van der Waals surface area contributed by atoms with Gasteiger partial charge in [-0.1, -0.05) is 23.7 Å². The van der Waals surface area contributed by atoms with E-state index in [2.05, 4.69) is 34.9 Å². The van der Waals surface area contributed by atoms with Crippen molar-refractivity contribution in [1.82, 2.24) is 0 Å². The van der Waals surface area contributed by atoms with E-state index in [1.807, 2.05) is 24.3 Å². The van der Waals surface area contributed by atoms with Gasteiger partial charge in [-0.15, -0.1) is 0 Å². The minimum Gasteiger partial charge on any atom is -0.399 e. The molecule has 1 fully saturated rings. The standard InChI is InChI=1S/C17H20ClN3/c1-13-10-14(19)12-15(11-13)20-6-8-21(9-7-20)17-5-3-2-4-16(17)18/h2-5,10-12H,6-9,19H2,1H3. The molecule has 3 rings (SSSR count). The van der Waals surface area contributed by atoms with Crippen molar-refractivity contribution in [3.8, 4) is 0 Å². The first kappa shape index (κ1) is 14.1. The summed E-state index contributed by atoms with van der Waals surface area (Å²) in [5.74, 6) is 0. The number of benzene rings is 2. The Morgan fingerprint density at radius 3 is 2.29 bits per heavy atom. The van der Waals surface area contributed by atoms with Gasteiger partial charge in [-0.3, -0.25) is 0 Å². The van der Waals surface area contributed by atoms with E-state index in [0.717, 1.165) is 42.6 Å². The van der Waals surface area contributed by atoms with Crippen molar-refractivity contribution in [3.05, 3.63) is 53.1 Å². The molecule has 2 aromatic rings. The molecule has 0 unspecified atom stereocenters. The lowest BCUT2D eigenvalue weighted by molar-refractivity contribution is 0.653. The molecule has 0 aromatic heterocycles. The average Bonchev–Trinajstić information content (AvgIpc) is 2.47. The lowest BCUT2D eigenvalue weighted by Gasteiger charge is -2.38. The summed E-state index contributed by atoms with van der Waals surface area (Å²) in [7, 11) is 0. The van der Waals surface area contributed by atoms with Crippen LogP contribution in [-0.4, -0.2) is 26.2 Å². The van der Waals surface area contributed by atoms with Crippen LogP contribution in [0.1, 0.15) is 5.56 Å². The van der Waals surface area contributed by atoms with E-state index in [4.69, 9.17) is 17.3 Å². The van der Waals surface area contributed by atoms with Crippen molar-refractivity contribution in [1.29, 1.82) is 0 Å². The number of rotatable bonds is 2. The fourth-order valence-electron chi connectivity index (χ4n) is 2.89. The second-order valence-corrected chi connectivity index (χ2v) is 5.93. The molecule has 0 radical (unpaired) electrons. The summed E-state index contributed by atoms with van der Waals surface area (Å²) < 4.78 is 0. The topological polar surface area (TPSA) is 32.5 Å². The van der Waals surface area contributed by atoms with Gasteiger partial charge in [0.2, 0.25) is 0 Å². The van der Waals surface area contributed by atoms with Crippen molar-refractivity contribution in [3.63, 3.8) is 0 Å². The third-order valence-electron chi connectivity index (χ3n) is 3.92. The highest BCUT2D eigenvalue weighted by Crippen LogP contribution is 2.28. The summed E-state index contributed by atoms with van der Waals surface area (Å²) in [6.45, 7) is 5.98. The van der Waals surface area contributed by atoms with Gasteiger partial charge in [0, 0.05) is 37.6 Å². The predicted molar refractivity (Wildman–Crippen MR) is 91.5 cm³/mol. The predicted octanol–water partition coefficient (Wildman–Crippen LogP) is 3.56. The Kier molecular flexibility index (Phi) is 3.93. The Bertz CT molecular complexity index is 613. The number of halogens is 1. The number of hydrogen-bond donors (Lipinski definition) is 1. The molecule has 0 spiro atoms. The maximum absolute atomic E-state index is 6.28. The number of para-hydroxylation sites is 1. The Morgan fingerprint density at radius 1 is 0.952 bits per heavy atom. The van der Waals surface area contributed by atoms with Gasteiger partial charge in [0.25, 0.3) is 0 Å². The van der Waals surface area contributed by atoms with Gasteiger partial charge in [0.1, 0.15) is 0 Å². The Labute approximate surface area is 130 Å². The molecule has 1 aliphatic heterocycles. The van der Waals surface area contributed by atoms with Gasteiger partial charge >= 0.3 is 0 Å². The van der Waals surface area contributed by atoms with E-state index in [1.165, 1.54) is 11.3 Å². The van der Waals surface area contributed by atoms with Gasteiger partial charge in [-0.05, 0) is 42.8 Å². The molecule has 2 N–H and O–H groups in total. The molecular formula is C17H20ClN3. The number of anilines is 3. The van der Waals surface area contributed by atoms with Crippen LogP contribution in [0.15, 0.2) is 42.5 Å². The summed E-state index contributed by atoms with van der Waals surface area (Å²) >= 11 is 6.28. The number of aryl methyl sites for hydroxylation is 1. The smallest absolute Gasteiger partial charge is 0.0639 e. The number of nitrogens with zero attached hydrogens (tertiary/aromatic N) is 2. The first-order valence-corrected chi connectivity index (χ1v) is 7.63. The third-order valence-corrected chi connectivity index (χ3v) is 4.24. The molecule has 21 heavy (non-hydrogen) atoms. The zero-order valence-electron chi connectivity index (χ0n) is 12.2. The van der Waals surface area contributed by atoms with Crippen LogP contribution in [0.5, 0.6) is 0 Å². The largest absolute Gasteiger partial charge is 0.399 e. The van der Waals surface area contributed by atoms with Crippen molar-refractivity contribution < 1.29 is 0 Å². The number of hydrogen-bond acceptors (Lipinski definition) is 3. The summed E-state index contributed by atoms with van der Waals surface area (Å²) in [5.41, 5.74) is 10.3. The van der Waals surface area contributed by atoms with Gasteiger partial charge < -0.3 is 15.5 Å². The maximum atomic E-state index is 6.28. The van der Waals surface area contributed by atoms with Gasteiger partial charge in [-0.2, -0.15) is 0 Å². The zero-order valence-corrected chi connectivity index (χ0v) is 13.0. The van der Waals surface area contributed by atoms with E-state index >= 15 is 0 Å². The molecule has 3 nitrogen and oxygen atoms in total. The maximum Gasteiger partial charge on any atom is 0.0639 e. The molecule has 0 atom stereocenters. The van der Waals surface area contributed by atoms with Crippen LogP contribution in [0, 0.1) is 6.92 Å². The molecular weight excluding hydrogens is 282 g/mol. The van der Waals surface area contributed by atoms with Crippen LogP contribution in [0.2, 0.25) is 5.02 Å². The summed E-state index contributed by atoms with van der Waals surface area (Å²) in [6.07, 6.45) is 0. The second-order valence-electron chi connectivity index (χ2n) is 5.53. The SMILES string of the molecule is Cc1cc(N)cc(N2CCN(c3ccccc3Cl)CC2)c1. The Hall–Kier alpha value is -1.87. The summed E-state index contributed by atoms with van der Waals surface area (Å²) in [4.78, 5) is 4.73. The molecule has 0 amide bonds. The normalized spacial score (nSPS) is 15.3. The van der Waals surface area contributed by atoms with E-state index in [0.29, 0.717) is 0 Å². The van der Waals surface area contributed by atoms with Crippen LogP contribution in [0.3, 0.4) is 0 Å². The van der Waals surface area contributed by atoms with Crippen LogP contribution >= 0.6 is 11.6 Å². The molecule has 110 valence electrons. The van der Waals surface area contributed by atoms with Crippen LogP contribution < -0.4 is 15.5 Å². The van der Waals surface area contributed by atoms with Crippen molar-refractivity contribution in [2.24, 2.45) is 0 Å². The number of nitrogens with two attached hydrogens (primary N) is 1. The van der Waals surface area contributed by atoms with Crippen molar-refractivity contribution in [2.75, 3.05) is 41.7 Å². The van der Waals surface area contributed by atoms with Crippen molar-refractivity contribution in [2.45, 2.75) is 6.92 Å². The first-order chi connectivity index (χ1) is 10.1. The van der Waals surface area contributed by atoms with Crippen LogP contribution in [-0.2, 0) is 0 Å². The van der Waals surface area contributed by atoms with E-state index < -0.39 is 0 Å². The molecule has 0 saturated carbocycles. The Balaban J connectivity index is 1.72. The quantitative estimate of drug-likeness (QED) is 0.861. The van der Waals surface area contributed by atoms with Crippen molar-refractivity contribution >= 4 is 28.7 Å². The Morgan fingerprint density at radius 2 is 1.62 bits per heavy atom. The zero-order chi connectivity index (χ0) is 14.8. The van der Waals surface area contributed by atoms with E-state index in [9.17, 15) is 0 Å².